The summed E-state index contributed by atoms with van der Waals surface area (Å²) in [4.78, 5) is 10.3. The van der Waals surface area contributed by atoms with Crippen LogP contribution in [0.1, 0.15) is 33.6 Å². The van der Waals surface area contributed by atoms with E-state index in [0.717, 1.165) is 19.4 Å². The minimum absolute atomic E-state index is 0.0533. The van der Waals surface area contributed by atoms with Crippen molar-refractivity contribution in [3.05, 3.63) is 0 Å². The third-order valence-electron chi connectivity index (χ3n) is 1.49. The van der Waals surface area contributed by atoms with E-state index in [0.29, 0.717) is 5.92 Å². The molecule has 0 fully saturated rings. The van der Waals surface area contributed by atoms with Crippen LogP contribution in [0.5, 0.6) is 0 Å². The summed E-state index contributed by atoms with van der Waals surface area (Å²) in [5, 5.41) is 3.15. The molecule has 0 spiro atoms. The van der Waals surface area contributed by atoms with Crippen molar-refractivity contribution < 1.29 is 4.79 Å². The second kappa shape index (κ2) is 6.35. The summed E-state index contributed by atoms with van der Waals surface area (Å²) in [6.45, 7) is 7.23. The maximum Gasteiger partial charge on any atom is 0.216 e. The third-order valence-corrected chi connectivity index (χ3v) is 1.49. The van der Waals surface area contributed by atoms with Crippen LogP contribution in [0, 0.1) is 5.92 Å². The van der Waals surface area contributed by atoms with Gasteiger partial charge < -0.3 is 5.32 Å². The quantitative estimate of drug-likeness (QED) is 0.631. The van der Waals surface area contributed by atoms with Crippen LogP contribution in [0.4, 0.5) is 0 Å². The molecule has 0 amide bonds. The van der Waals surface area contributed by atoms with Gasteiger partial charge in [0.25, 0.3) is 0 Å². The van der Waals surface area contributed by atoms with Crippen molar-refractivity contribution >= 4 is 6.29 Å². The zero-order valence-corrected chi connectivity index (χ0v) is 7.68. The fraction of sp³-hybridized carbons (Fsp3) is 0.889. The molecule has 2 nitrogen and oxygen atoms in total. The fourth-order valence-corrected chi connectivity index (χ4v) is 0.869. The van der Waals surface area contributed by atoms with Gasteiger partial charge in [-0.05, 0) is 18.9 Å². The Bertz CT molecular complexity index is 102. The first-order valence-electron chi connectivity index (χ1n) is 4.31. The molecule has 0 aliphatic heterocycles. The van der Waals surface area contributed by atoms with Crippen LogP contribution in [-0.2, 0) is 4.79 Å². The highest BCUT2D eigenvalue weighted by Gasteiger charge is 2.05. The van der Waals surface area contributed by atoms with E-state index in [1.165, 1.54) is 0 Å². The second-order valence-corrected chi connectivity index (χ2v) is 3.26. The van der Waals surface area contributed by atoms with E-state index in [9.17, 15) is 4.79 Å². The summed E-state index contributed by atoms with van der Waals surface area (Å²) >= 11 is 0. The highest BCUT2D eigenvalue weighted by atomic mass is 16.1. The van der Waals surface area contributed by atoms with Crippen molar-refractivity contribution in [1.29, 1.82) is 0 Å². The molecule has 0 heterocycles. The Morgan fingerprint density at radius 3 is 2.45 bits per heavy atom. The van der Waals surface area contributed by atoms with E-state index in [4.69, 9.17) is 0 Å². The number of hydrogen-bond donors (Lipinski definition) is 1. The first kappa shape index (κ1) is 10.6. The number of carbonyl (C=O) groups excluding carboxylic acids is 1. The Balaban J connectivity index is 3.43. The van der Waals surface area contributed by atoms with E-state index in [1.807, 2.05) is 6.29 Å². The van der Waals surface area contributed by atoms with Crippen molar-refractivity contribution in [3.63, 3.8) is 0 Å². The predicted octanol–water partition coefficient (Wildman–Crippen LogP) is 1.51. The topological polar surface area (TPSA) is 29.1 Å². The Hall–Kier alpha value is -0.370. The SMILES string of the molecule is CCCC([C]=O)NCC(C)C. The Morgan fingerprint density at radius 1 is 1.45 bits per heavy atom. The van der Waals surface area contributed by atoms with Gasteiger partial charge in [0.05, 0.1) is 6.04 Å². The first-order valence-corrected chi connectivity index (χ1v) is 4.31. The molecule has 11 heavy (non-hydrogen) atoms. The number of rotatable bonds is 6. The molecule has 65 valence electrons. The van der Waals surface area contributed by atoms with Crippen LogP contribution in [0.3, 0.4) is 0 Å². The molecule has 0 aromatic rings. The molecule has 0 aromatic carbocycles. The Morgan fingerprint density at radius 2 is 2.09 bits per heavy atom. The van der Waals surface area contributed by atoms with Gasteiger partial charge >= 0.3 is 0 Å². The summed E-state index contributed by atoms with van der Waals surface area (Å²) in [5.74, 6) is 0.600. The molecule has 0 rings (SSSR count). The van der Waals surface area contributed by atoms with Gasteiger partial charge in [-0.25, -0.2) is 0 Å². The lowest BCUT2D eigenvalue weighted by atomic mass is 10.1. The van der Waals surface area contributed by atoms with E-state index in [-0.39, 0.29) is 6.04 Å². The van der Waals surface area contributed by atoms with Gasteiger partial charge in [0.2, 0.25) is 6.29 Å². The first-order chi connectivity index (χ1) is 5.20. The van der Waals surface area contributed by atoms with E-state index >= 15 is 0 Å². The molecule has 0 aliphatic carbocycles. The van der Waals surface area contributed by atoms with Crippen LogP contribution >= 0.6 is 0 Å². The Labute approximate surface area is 69.4 Å². The maximum atomic E-state index is 10.3. The van der Waals surface area contributed by atoms with Gasteiger partial charge in [0.15, 0.2) is 0 Å². The fourth-order valence-electron chi connectivity index (χ4n) is 0.869. The molecular weight excluding hydrogens is 138 g/mol. The predicted molar refractivity (Wildman–Crippen MR) is 47.2 cm³/mol. The normalized spacial score (nSPS) is 13.5. The van der Waals surface area contributed by atoms with Crippen molar-refractivity contribution in [2.24, 2.45) is 5.92 Å². The summed E-state index contributed by atoms with van der Waals surface area (Å²) < 4.78 is 0. The number of hydrogen-bond acceptors (Lipinski definition) is 2. The lowest BCUT2D eigenvalue weighted by Gasteiger charge is -2.12. The summed E-state index contributed by atoms with van der Waals surface area (Å²) in [6, 6.07) is -0.0533. The molecule has 1 N–H and O–H groups in total. The molecule has 1 unspecified atom stereocenters. The summed E-state index contributed by atoms with van der Waals surface area (Å²) in [5.41, 5.74) is 0. The molecule has 0 saturated heterocycles. The minimum Gasteiger partial charge on any atom is -0.307 e. The molecule has 0 bridgehead atoms. The lowest BCUT2D eigenvalue weighted by Crippen LogP contribution is -2.33. The highest BCUT2D eigenvalue weighted by molar-refractivity contribution is 5.58. The molecule has 1 atom stereocenters. The van der Waals surface area contributed by atoms with Crippen LogP contribution < -0.4 is 5.32 Å². The average Bonchev–Trinajstić information content (AvgIpc) is 1.97. The largest absolute Gasteiger partial charge is 0.307 e. The third kappa shape index (κ3) is 6.05. The second-order valence-electron chi connectivity index (χ2n) is 3.26. The standard InChI is InChI=1S/C9H18NO/c1-4-5-9(7-11)10-6-8(2)3/h8-10H,4-6H2,1-3H3. The lowest BCUT2D eigenvalue weighted by molar-refractivity contribution is 0.470. The van der Waals surface area contributed by atoms with Gasteiger partial charge in [-0.1, -0.05) is 27.2 Å². The van der Waals surface area contributed by atoms with Gasteiger partial charge in [-0.3, -0.25) is 4.79 Å². The highest BCUT2D eigenvalue weighted by Crippen LogP contribution is 1.95. The van der Waals surface area contributed by atoms with Gasteiger partial charge in [-0.2, -0.15) is 0 Å². The summed E-state index contributed by atoms with van der Waals surface area (Å²) in [6.07, 6.45) is 3.93. The zero-order chi connectivity index (χ0) is 8.69. The molecular formula is C9H18NO. The van der Waals surface area contributed by atoms with Gasteiger partial charge in [-0.15, -0.1) is 0 Å². The van der Waals surface area contributed by atoms with Crippen LogP contribution in [0.15, 0.2) is 0 Å². The van der Waals surface area contributed by atoms with E-state index in [2.05, 4.69) is 26.1 Å². The van der Waals surface area contributed by atoms with Crippen LogP contribution in [0.2, 0.25) is 0 Å². The van der Waals surface area contributed by atoms with Gasteiger partial charge in [0, 0.05) is 0 Å². The van der Waals surface area contributed by atoms with Crippen molar-refractivity contribution in [3.8, 4) is 0 Å². The Kier molecular flexibility index (Phi) is 6.13. The van der Waals surface area contributed by atoms with Crippen molar-refractivity contribution in [2.45, 2.75) is 39.7 Å². The monoisotopic (exact) mass is 156 g/mol. The molecule has 2 heteroatoms. The molecule has 1 radical (unpaired) electrons. The minimum atomic E-state index is -0.0533. The smallest absolute Gasteiger partial charge is 0.216 e. The summed E-state index contributed by atoms with van der Waals surface area (Å²) in [7, 11) is 0. The van der Waals surface area contributed by atoms with Crippen molar-refractivity contribution in [1.82, 2.24) is 5.32 Å². The van der Waals surface area contributed by atoms with Crippen molar-refractivity contribution in [2.75, 3.05) is 6.54 Å². The molecule has 0 saturated carbocycles. The van der Waals surface area contributed by atoms with Crippen LogP contribution in [0.25, 0.3) is 0 Å². The zero-order valence-electron chi connectivity index (χ0n) is 7.68. The van der Waals surface area contributed by atoms with E-state index < -0.39 is 0 Å². The molecule has 0 aromatic heterocycles. The van der Waals surface area contributed by atoms with Crippen LogP contribution in [-0.4, -0.2) is 18.9 Å². The maximum absolute atomic E-state index is 10.3. The number of nitrogens with one attached hydrogen (secondary N) is 1. The van der Waals surface area contributed by atoms with E-state index in [1.54, 1.807) is 0 Å². The molecule has 0 aliphatic rings. The average molecular weight is 156 g/mol. The van der Waals surface area contributed by atoms with Gasteiger partial charge in [0.1, 0.15) is 0 Å².